The molecule has 1 saturated heterocycles. The minimum atomic E-state index is 0.516. The van der Waals surface area contributed by atoms with Gasteiger partial charge in [0.05, 0.1) is 0 Å². The Morgan fingerprint density at radius 2 is 2.31 bits per heavy atom. The maximum Gasteiger partial charge on any atom is 0.0411 e. The van der Waals surface area contributed by atoms with Crippen molar-refractivity contribution in [3.63, 3.8) is 0 Å². The van der Waals surface area contributed by atoms with Crippen molar-refractivity contribution in [3.8, 4) is 0 Å². The zero-order chi connectivity index (χ0) is 11.4. The van der Waals surface area contributed by atoms with Crippen molar-refractivity contribution in [3.05, 3.63) is 40.9 Å². The van der Waals surface area contributed by atoms with E-state index in [-0.39, 0.29) is 0 Å². The van der Waals surface area contributed by atoms with E-state index < -0.39 is 0 Å². The molecule has 2 unspecified atom stereocenters. The number of nitrogens with one attached hydrogen (secondary N) is 1. The van der Waals surface area contributed by atoms with Crippen LogP contribution in [-0.4, -0.2) is 12.6 Å². The van der Waals surface area contributed by atoms with Crippen LogP contribution in [0.25, 0.3) is 6.08 Å². The minimum Gasteiger partial charge on any atom is -0.310 e. The summed E-state index contributed by atoms with van der Waals surface area (Å²) in [6.07, 6.45) is 6.93. The molecule has 0 radical (unpaired) electrons. The smallest absolute Gasteiger partial charge is 0.0411 e. The van der Waals surface area contributed by atoms with Crippen LogP contribution < -0.4 is 5.32 Å². The summed E-state index contributed by atoms with van der Waals surface area (Å²) in [6, 6.07) is 8.47. The highest BCUT2D eigenvalue weighted by atomic mass is 35.5. The summed E-state index contributed by atoms with van der Waals surface area (Å²) >= 11 is 5.94. The predicted molar refractivity (Wildman–Crippen MR) is 70.7 cm³/mol. The summed E-state index contributed by atoms with van der Waals surface area (Å²) in [4.78, 5) is 0. The highest BCUT2D eigenvalue weighted by molar-refractivity contribution is 6.30. The average Bonchev–Trinajstić information content (AvgIpc) is 2.27. The van der Waals surface area contributed by atoms with E-state index >= 15 is 0 Å². The van der Waals surface area contributed by atoms with Crippen LogP contribution in [-0.2, 0) is 0 Å². The summed E-state index contributed by atoms with van der Waals surface area (Å²) < 4.78 is 0. The third-order valence-electron chi connectivity index (χ3n) is 3.07. The molecule has 0 aliphatic carbocycles. The predicted octanol–water partition coefficient (Wildman–Crippen LogP) is 3.74. The molecular formula is C14H18ClN. The molecule has 1 aliphatic rings. The third-order valence-corrected chi connectivity index (χ3v) is 3.30. The first-order valence-corrected chi connectivity index (χ1v) is 6.29. The minimum absolute atomic E-state index is 0.516. The normalized spacial score (nSPS) is 26.1. The number of rotatable bonds is 2. The van der Waals surface area contributed by atoms with Crippen molar-refractivity contribution in [1.82, 2.24) is 5.32 Å². The van der Waals surface area contributed by atoms with Gasteiger partial charge in [0.2, 0.25) is 0 Å². The second-order valence-corrected chi connectivity index (χ2v) is 5.04. The topological polar surface area (TPSA) is 12.0 Å². The van der Waals surface area contributed by atoms with Gasteiger partial charge in [-0.2, -0.15) is 0 Å². The fraction of sp³-hybridized carbons (Fsp3) is 0.429. The summed E-state index contributed by atoms with van der Waals surface area (Å²) in [5, 5.41) is 4.31. The zero-order valence-electron chi connectivity index (χ0n) is 9.62. The Balaban J connectivity index is 1.98. The number of piperidine rings is 1. The lowest BCUT2D eigenvalue weighted by molar-refractivity contribution is 0.357. The number of hydrogen-bond donors (Lipinski definition) is 1. The van der Waals surface area contributed by atoms with Gasteiger partial charge in [-0.15, -0.1) is 0 Å². The van der Waals surface area contributed by atoms with E-state index in [9.17, 15) is 0 Å². The SMILES string of the molecule is CC1CCNC(/C=C/c2cccc(Cl)c2)C1. The molecule has 2 heteroatoms. The van der Waals surface area contributed by atoms with Crippen LogP contribution in [0.1, 0.15) is 25.3 Å². The molecular weight excluding hydrogens is 218 g/mol. The van der Waals surface area contributed by atoms with Crippen LogP contribution in [0.3, 0.4) is 0 Å². The Hall–Kier alpha value is -0.790. The maximum absolute atomic E-state index is 5.94. The van der Waals surface area contributed by atoms with E-state index in [1.54, 1.807) is 0 Å². The van der Waals surface area contributed by atoms with E-state index in [0.29, 0.717) is 6.04 Å². The van der Waals surface area contributed by atoms with Gasteiger partial charge in [0, 0.05) is 11.1 Å². The van der Waals surface area contributed by atoms with E-state index in [4.69, 9.17) is 11.6 Å². The molecule has 0 amide bonds. The number of halogens is 1. The Morgan fingerprint density at radius 1 is 1.44 bits per heavy atom. The van der Waals surface area contributed by atoms with Gasteiger partial charge in [0.1, 0.15) is 0 Å². The first kappa shape index (κ1) is 11.7. The molecule has 1 nitrogen and oxygen atoms in total. The number of benzene rings is 1. The molecule has 0 aromatic heterocycles. The van der Waals surface area contributed by atoms with E-state index in [2.05, 4.69) is 30.5 Å². The highest BCUT2D eigenvalue weighted by Gasteiger charge is 2.15. The summed E-state index contributed by atoms with van der Waals surface area (Å²) in [7, 11) is 0. The monoisotopic (exact) mass is 235 g/mol. The zero-order valence-corrected chi connectivity index (χ0v) is 10.4. The molecule has 86 valence electrons. The molecule has 0 bridgehead atoms. The molecule has 16 heavy (non-hydrogen) atoms. The lowest BCUT2D eigenvalue weighted by Gasteiger charge is -2.25. The molecule has 2 atom stereocenters. The Labute approximate surface area is 103 Å². The summed E-state index contributed by atoms with van der Waals surface area (Å²) in [5.41, 5.74) is 1.17. The van der Waals surface area contributed by atoms with Crippen molar-refractivity contribution >= 4 is 17.7 Å². The Kier molecular flexibility index (Phi) is 4.03. The number of hydrogen-bond acceptors (Lipinski definition) is 1. The van der Waals surface area contributed by atoms with Crippen molar-refractivity contribution in [1.29, 1.82) is 0 Å². The molecule has 1 aliphatic heterocycles. The molecule has 1 aromatic carbocycles. The first-order chi connectivity index (χ1) is 7.74. The van der Waals surface area contributed by atoms with E-state index in [1.807, 2.05) is 18.2 Å². The Morgan fingerprint density at radius 3 is 3.06 bits per heavy atom. The lowest BCUT2D eigenvalue weighted by atomic mass is 9.94. The van der Waals surface area contributed by atoms with E-state index in [0.717, 1.165) is 17.5 Å². The molecule has 0 saturated carbocycles. The standard InChI is InChI=1S/C14H18ClN/c1-11-7-8-16-14(9-11)6-5-12-3-2-4-13(15)10-12/h2-6,10-11,14,16H,7-9H2,1H3/b6-5+. The van der Waals surface area contributed by atoms with Gasteiger partial charge in [-0.05, 0) is 43.0 Å². The molecule has 1 heterocycles. The van der Waals surface area contributed by atoms with Gasteiger partial charge in [-0.1, -0.05) is 42.8 Å². The van der Waals surface area contributed by atoms with Crippen LogP contribution in [0.2, 0.25) is 5.02 Å². The second-order valence-electron chi connectivity index (χ2n) is 4.60. The van der Waals surface area contributed by atoms with Crippen LogP contribution >= 0.6 is 11.6 Å². The van der Waals surface area contributed by atoms with Gasteiger partial charge < -0.3 is 5.32 Å². The molecule has 2 rings (SSSR count). The molecule has 1 fully saturated rings. The van der Waals surface area contributed by atoms with Gasteiger partial charge in [-0.25, -0.2) is 0 Å². The van der Waals surface area contributed by atoms with Crippen LogP contribution in [0, 0.1) is 5.92 Å². The van der Waals surface area contributed by atoms with Crippen LogP contribution in [0.15, 0.2) is 30.3 Å². The van der Waals surface area contributed by atoms with Crippen molar-refractivity contribution in [2.45, 2.75) is 25.8 Å². The fourth-order valence-corrected chi connectivity index (χ4v) is 2.33. The van der Waals surface area contributed by atoms with Crippen molar-refractivity contribution in [2.75, 3.05) is 6.54 Å². The first-order valence-electron chi connectivity index (χ1n) is 5.91. The Bertz CT molecular complexity index is 373. The highest BCUT2D eigenvalue weighted by Crippen LogP contribution is 2.17. The van der Waals surface area contributed by atoms with Gasteiger partial charge in [0.15, 0.2) is 0 Å². The molecule has 0 spiro atoms. The largest absolute Gasteiger partial charge is 0.310 e. The van der Waals surface area contributed by atoms with Gasteiger partial charge >= 0.3 is 0 Å². The second kappa shape index (κ2) is 5.51. The van der Waals surface area contributed by atoms with E-state index in [1.165, 1.54) is 18.4 Å². The average molecular weight is 236 g/mol. The van der Waals surface area contributed by atoms with Crippen LogP contribution in [0.5, 0.6) is 0 Å². The summed E-state index contributed by atoms with van der Waals surface area (Å²) in [5.74, 6) is 0.829. The van der Waals surface area contributed by atoms with Crippen LogP contribution in [0.4, 0.5) is 0 Å². The maximum atomic E-state index is 5.94. The fourth-order valence-electron chi connectivity index (χ4n) is 2.13. The summed E-state index contributed by atoms with van der Waals surface area (Å²) in [6.45, 7) is 3.45. The van der Waals surface area contributed by atoms with Gasteiger partial charge in [-0.3, -0.25) is 0 Å². The molecule has 1 aromatic rings. The van der Waals surface area contributed by atoms with Crippen molar-refractivity contribution in [2.24, 2.45) is 5.92 Å². The van der Waals surface area contributed by atoms with Crippen molar-refractivity contribution < 1.29 is 0 Å². The molecule has 1 N–H and O–H groups in total. The quantitative estimate of drug-likeness (QED) is 0.824. The lowest BCUT2D eigenvalue weighted by Crippen LogP contribution is -2.35. The van der Waals surface area contributed by atoms with Gasteiger partial charge in [0.25, 0.3) is 0 Å². The third kappa shape index (κ3) is 3.36.